The van der Waals surface area contributed by atoms with Crippen LogP contribution in [0.15, 0.2) is 24.5 Å². The van der Waals surface area contributed by atoms with Crippen molar-refractivity contribution in [2.24, 2.45) is 7.05 Å². The van der Waals surface area contributed by atoms with E-state index in [1.165, 1.54) is 19.3 Å². The van der Waals surface area contributed by atoms with Crippen molar-refractivity contribution in [3.8, 4) is 17.0 Å². The number of pyridine rings is 1. The molecule has 2 aromatic heterocycles. The Morgan fingerprint density at radius 2 is 2.07 bits per heavy atom. The van der Waals surface area contributed by atoms with Crippen molar-refractivity contribution < 1.29 is 14.3 Å². The van der Waals surface area contributed by atoms with Gasteiger partial charge in [0.15, 0.2) is 0 Å². The molecule has 0 atom stereocenters. The van der Waals surface area contributed by atoms with Crippen molar-refractivity contribution in [1.29, 1.82) is 0 Å². The highest BCUT2D eigenvalue weighted by Gasteiger charge is 2.16. The minimum Gasteiger partial charge on any atom is -0.489 e. The molecule has 0 bridgehead atoms. The lowest BCUT2D eigenvalue weighted by Gasteiger charge is -2.22. The summed E-state index contributed by atoms with van der Waals surface area (Å²) in [5.74, 6) is 0.804. The molecule has 1 aliphatic rings. The Hall–Kier alpha value is -2.57. The SMILES string of the molecule is CCCCOC(=O)NCc1c(-c2ccc(OC3CCCCC3)cn2)cnn1C. The first kappa shape index (κ1) is 20.2. The standard InChI is InChI=1S/C21H30N4O3/c1-3-4-12-27-21(26)23-15-20-18(14-24-25(20)2)19-11-10-17(13-22-19)28-16-8-6-5-7-9-16/h10-11,13-14,16H,3-9,12,15H2,1-2H3,(H,23,26). The van der Waals surface area contributed by atoms with E-state index in [1.54, 1.807) is 17.1 Å². The van der Waals surface area contributed by atoms with E-state index >= 15 is 0 Å². The molecule has 152 valence electrons. The van der Waals surface area contributed by atoms with Gasteiger partial charge in [0.1, 0.15) is 5.75 Å². The van der Waals surface area contributed by atoms with E-state index in [1.807, 2.05) is 19.2 Å². The summed E-state index contributed by atoms with van der Waals surface area (Å²) in [5.41, 5.74) is 2.57. The Balaban J connectivity index is 1.61. The first-order chi connectivity index (χ1) is 13.7. The van der Waals surface area contributed by atoms with E-state index in [-0.39, 0.29) is 0 Å². The van der Waals surface area contributed by atoms with Gasteiger partial charge in [-0.1, -0.05) is 19.8 Å². The van der Waals surface area contributed by atoms with Gasteiger partial charge in [-0.25, -0.2) is 4.79 Å². The van der Waals surface area contributed by atoms with Gasteiger partial charge in [0.05, 0.1) is 43.0 Å². The zero-order chi connectivity index (χ0) is 19.8. The predicted molar refractivity (Wildman–Crippen MR) is 107 cm³/mol. The molecule has 0 unspecified atom stereocenters. The fraction of sp³-hybridized carbons (Fsp3) is 0.571. The number of amides is 1. The normalized spacial score (nSPS) is 14.6. The number of carbonyl (C=O) groups excluding carboxylic acids is 1. The van der Waals surface area contributed by atoms with Crippen molar-refractivity contribution in [1.82, 2.24) is 20.1 Å². The number of alkyl carbamates (subject to hydrolysis) is 1. The Bertz CT molecular complexity index is 752. The van der Waals surface area contributed by atoms with E-state index < -0.39 is 6.09 Å². The number of nitrogens with zero attached hydrogens (tertiary/aromatic N) is 3. The minimum absolute atomic E-state index is 0.304. The van der Waals surface area contributed by atoms with Crippen molar-refractivity contribution >= 4 is 6.09 Å². The van der Waals surface area contributed by atoms with Gasteiger partial charge in [-0.15, -0.1) is 0 Å². The molecule has 7 nitrogen and oxygen atoms in total. The van der Waals surface area contributed by atoms with Crippen LogP contribution in [0.3, 0.4) is 0 Å². The number of ether oxygens (including phenoxy) is 2. The van der Waals surface area contributed by atoms with Gasteiger partial charge in [-0.2, -0.15) is 5.10 Å². The van der Waals surface area contributed by atoms with Crippen molar-refractivity contribution in [2.75, 3.05) is 6.61 Å². The second-order valence-corrected chi connectivity index (χ2v) is 7.23. The third-order valence-corrected chi connectivity index (χ3v) is 5.06. The molecule has 7 heteroatoms. The van der Waals surface area contributed by atoms with Crippen LogP contribution in [0.2, 0.25) is 0 Å². The van der Waals surface area contributed by atoms with E-state index in [4.69, 9.17) is 9.47 Å². The number of carbonyl (C=O) groups is 1. The number of hydrogen-bond donors (Lipinski definition) is 1. The molecule has 0 aliphatic heterocycles. The number of hydrogen-bond acceptors (Lipinski definition) is 5. The highest BCUT2D eigenvalue weighted by molar-refractivity contribution is 5.68. The quantitative estimate of drug-likeness (QED) is 0.687. The van der Waals surface area contributed by atoms with Crippen LogP contribution in [-0.2, 0) is 18.3 Å². The molecule has 2 aromatic rings. The van der Waals surface area contributed by atoms with Gasteiger partial charge in [-0.05, 0) is 44.2 Å². The summed E-state index contributed by atoms with van der Waals surface area (Å²) in [7, 11) is 1.85. The highest BCUT2D eigenvalue weighted by atomic mass is 16.5. The van der Waals surface area contributed by atoms with Crippen molar-refractivity contribution in [2.45, 2.75) is 64.5 Å². The lowest BCUT2D eigenvalue weighted by atomic mass is 9.98. The van der Waals surface area contributed by atoms with E-state index in [2.05, 4.69) is 22.3 Å². The van der Waals surface area contributed by atoms with Crippen LogP contribution in [0.25, 0.3) is 11.3 Å². The molecule has 2 heterocycles. The maximum atomic E-state index is 11.8. The monoisotopic (exact) mass is 386 g/mol. The van der Waals surface area contributed by atoms with Crippen LogP contribution >= 0.6 is 0 Å². The molecule has 0 saturated heterocycles. The van der Waals surface area contributed by atoms with Crippen LogP contribution in [0.1, 0.15) is 57.6 Å². The average molecular weight is 386 g/mol. The maximum Gasteiger partial charge on any atom is 0.407 e. The number of rotatable bonds is 8. The van der Waals surface area contributed by atoms with Gasteiger partial charge in [-0.3, -0.25) is 9.67 Å². The van der Waals surface area contributed by atoms with Gasteiger partial charge in [0, 0.05) is 12.6 Å². The van der Waals surface area contributed by atoms with Crippen LogP contribution in [0.4, 0.5) is 4.79 Å². The molecule has 1 N–H and O–H groups in total. The Morgan fingerprint density at radius 3 is 2.79 bits per heavy atom. The molecule has 3 rings (SSSR count). The fourth-order valence-electron chi connectivity index (χ4n) is 3.39. The Morgan fingerprint density at radius 1 is 1.25 bits per heavy atom. The summed E-state index contributed by atoms with van der Waals surface area (Å²) in [5, 5.41) is 7.10. The molecule has 0 spiro atoms. The van der Waals surface area contributed by atoms with E-state index in [0.717, 1.165) is 48.4 Å². The van der Waals surface area contributed by atoms with Gasteiger partial charge < -0.3 is 14.8 Å². The minimum atomic E-state index is -0.412. The first-order valence-corrected chi connectivity index (χ1v) is 10.2. The summed E-state index contributed by atoms with van der Waals surface area (Å²) in [6, 6.07) is 3.90. The van der Waals surface area contributed by atoms with Gasteiger partial charge >= 0.3 is 6.09 Å². The molecule has 0 radical (unpaired) electrons. The molecule has 1 fully saturated rings. The molecular weight excluding hydrogens is 356 g/mol. The van der Waals surface area contributed by atoms with Crippen molar-refractivity contribution in [3.63, 3.8) is 0 Å². The summed E-state index contributed by atoms with van der Waals surface area (Å²) in [6.45, 7) is 2.82. The summed E-state index contributed by atoms with van der Waals surface area (Å²) in [6.07, 6.45) is 11.3. The second kappa shape index (κ2) is 10.1. The second-order valence-electron chi connectivity index (χ2n) is 7.23. The molecule has 0 aromatic carbocycles. The van der Waals surface area contributed by atoms with Gasteiger partial charge in [0.25, 0.3) is 0 Å². The average Bonchev–Trinajstić information content (AvgIpc) is 3.08. The number of nitrogens with one attached hydrogen (secondary N) is 1. The third-order valence-electron chi connectivity index (χ3n) is 5.06. The zero-order valence-electron chi connectivity index (χ0n) is 16.8. The predicted octanol–water partition coefficient (Wildman–Crippen LogP) is 4.22. The lowest BCUT2D eigenvalue weighted by Crippen LogP contribution is -2.25. The van der Waals surface area contributed by atoms with Crippen LogP contribution in [0.5, 0.6) is 5.75 Å². The van der Waals surface area contributed by atoms with Crippen molar-refractivity contribution in [3.05, 3.63) is 30.2 Å². The molecule has 28 heavy (non-hydrogen) atoms. The van der Waals surface area contributed by atoms with E-state index in [0.29, 0.717) is 19.3 Å². The number of unbranched alkanes of at least 4 members (excludes halogenated alkanes) is 1. The maximum absolute atomic E-state index is 11.8. The molecule has 1 aliphatic carbocycles. The smallest absolute Gasteiger partial charge is 0.407 e. The number of aromatic nitrogens is 3. The largest absolute Gasteiger partial charge is 0.489 e. The Kier molecular flexibility index (Phi) is 7.28. The lowest BCUT2D eigenvalue weighted by molar-refractivity contribution is 0.144. The van der Waals surface area contributed by atoms with Crippen LogP contribution < -0.4 is 10.1 Å². The van der Waals surface area contributed by atoms with E-state index in [9.17, 15) is 4.79 Å². The molecule has 1 amide bonds. The number of aryl methyl sites for hydroxylation is 1. The topological polar surface area (TPSA) is 78.3 Å². The summed E-state index contributed by atoms with van der Waals surface area (Å²) < 4.78 is 12.9. The van der Waals surface area contributed by atoms with Crippen LogP contribution in [-0.4, -0.2) is 33.6 Å². The van der Waals surface area contributed by atoms with Crippen LogP contribution in [0, 0.1) is 0 Å². The summed E-state index contributed by atoms with van der Waals surface area (Å²) in [4.78, 5) is 16.4. The third kappa shape index (κ3) is 5.47. The fourth-order valence-corrected chi connectivity index (χ4v) is 3.39. The zero-order valence-corrected chi connectivity index (χ0v) is 16.8. The highest BCUT2D eigenvalue weighted by Crippen LogP contribution is 2.26. The first-order valence-electron chi connectivity index (χ1n) is 10.2. The molecule has 1 saturated carbocycles. The molecular formula is C21H30N4O3. The van der Waals surface area contributed by atoms with Gasteiger partial charge in [0.2, 0.25) is 0 Å². The Labute approximate surface area is 166 Å². The summed E-state index contributed by atoms with van der Waals surface area (Å²) >= 11 is 0.